The number of hydrogen-bond donors (Lipinski definition) is 0. The van der Waals surface area contributed by atoms with E-state index in [0.29, 0.717) is 5.69 Å². The van der Waals surface area contributed by atoms with Crippen LogP contribution in [-0.4, -0.2) is 33.7 Å². The molecule has 8 heteroatoms. The molecule has 0 atom stereocenters. The lowest BCUT2D eigenvalue weighted by Gasteiger charge is -2.20. The van der Waals surface area contributed by atoms with Crippen LogP contribution in [0.2, 0.25) is 0 Å². The Morgan fingerprint density at radius 1 is 1.29 bits per heavy atom. The molecule has 1 aromatic rings. The zero-order valence-corrected chi connectivity index (χ0v) is 12.6. The van der Waals surface area contributed by atoms with Crippen LogP contribution in [0.4, 0.5) is 13.2 Å². The van der Waals surface area contributed by atoms with Gasteiger partial charge in [0.1, 0.15) is 0 Å². The maximum absolute atomic E-state index is 12.2. The molecular formula is C13H20F3N3O2. The van der Waals surface area contributed by atoms with Crippen LogP contribution in [0.5, 0.6) is 0 Å². The molecule has 0 aliphatic heterocycles. The number of aromatic nitrogens is 3. The van der Waals surface area contributed by atoms with Crippen molar-refractivity contribution in [3.63, 3.8) is 0 Å². The van der Waals surface area contributed by atoms with E-state index in [4.69, 9.17) is 4.74 Å². The maximum atomic E-state index is 12.2. The van der Waals surface area contributed by atoms with Crippen LogP contribution in [0.3, 0.4) is 0 Å². The van der Waals surface area contributed by atoms with Crippen molar-refractivity contribution in [2.24, 2.45) is 0 Å². The molecule has 0 amide bonds. The van der Waals surface area contributed by atoms with Crippen LogP contribution < -0.4 is 0 Å². The average Bonchev–Trinajstić information content (AvgIpc) is 2.71. The molecule has 0 fully saturated rings. The lowest BCUT2D eigenvalue weighted by molar-refractivity contribution is -0.136. The molecule has 0 N–H and O–H groups in total. The Bertz CT molecular complexity index is 490. The monoisotopic (exact) mass is 307 g/mol. The first kappa shape index (κ1) is 17.5. The molecule has 0 saturated carbocycles. The summed E-state index contributed by atoms with van der Waals surface area (Å²) >= 11 is 0. The Morgan fingerprint density at radius 3 is 2.38 bits per heavy atom. The Morgan fingerprint density at radius 2 is 1.90 bits per heavy atom. The van der Waals surface area contributed by atoms with Gasteiger partial charge in [0.25, 0.3) is 0 Å². The number of hydrogen-bond acceptors (Lipinski definition) is 4. The minimum absolute atomic E-state index is 0.0541. The van der Waals surface area contributed by atoms with E-state index in [1.807, 2.05) is 20.8 Å². The Labute approximate surface area is 121 Å². The van der Waals surface area contributed by atoms with Gasteiger partial charge in [0.2, 0.25) is 0 Å². The second-order valence-electron chi connectivity index (χ2n) is 5.70. The first-order chi connectivity index (χ1) is 9.56. The molecule has 0 unspecified atom stereocenters. The number of nitrogens with zero attached hydrogens (tertiary/aromatic N) is 3. The number of alkyl halides is 3. The van der Waals surface area contributed by atoms with Gasteiger partial charge in [-0.05, 0) is 13.3 Å². The number of rotatable bonds is 5. The number of carbonyl (C=O) groups is 1. The minimum atomic E-state index is -4.20. The molecule has 120 valence electrons. The number of ether oxygens (including phenoxy) is 1. The molecule has 5 nitrogen and oxygen atoms in total. The SMILES string of the molecule is CCOC(=O)c1nnn(CCCC(F)(F)F)c1C(C)(C)C. The van der Waals surface area contributed by atoms with Crippen molar-refractivity contribution in [2.45, 2.75) is 58.7 Å². The van der Waals surface area contributed by atoms with Gasteiger partial charge in [-0.3, -0.25) is 0 Å². The second-order valence-corrected chi connectivity index (χ2v) is 5.70. The zero-order chi connectivity index (χ0) is 16.3. The van der Waals surface area contributed by atoms with Gasteiger partial charge in [0.15, 0.2) is 5.69 Å². The topological polar surface area (TPSA) is 57.0 Å². The summed E-state index contributed by atoms with van der Waals surface area (Å²) in [5.74, 6) is -0.607. The lowest BCUT2D eigenvalue weighted by atomic mass is 9.90. The van der Waals surface area contributed by atoms with E-state index in [9.17, 15) is 18.0 Å². The molecule has 0 saturated heterocycles. The minimum Gasteiger partial charge on any atom is -0.461 e. The van der Waals surface area contributed by atoms with E-state index >= 15 is 0 Å². The quantitative estimate of drug-likeness (QED) is 0.784. The fourth-order valence-electron chi connectivity index (χ4n) is 1.98. The van der Waals surface area contributed by atoms with Crippen molar-refractivity contribution in [3.05, 3.63) is 11.4 Å². The molecule has 0 aliphatic carbocycles. The largest absolute Gasteiger partial charge is 0.461 e. The fourth-order valence-corrected chi connectivity index (χ4v) is 1.98. The van der Waals surface area contributed by atoms with Crippen LogP contribution in [-0.2, 0) is 16.7 Å². The van der Waals surface area contributed by atoms with Gasteiger partial charge in [0.05, 0.1) is 12.3 Å². The fraction of sp³-hybridized carbons (Fsp3) is 0.769. The number of esters is 1. The van der Waals surface area contributed by atoms with Crippen LogP contribution in [0.1, 0.15) is 56.7 Å². The zero-order valence-electron chi connectivity index (χ0n) is 12.6. The van der Waals surface area contributed by atoms with Crippen LogP contribution in [0.25, 0.3) is 0 Å². The van der Waals surface area contributed by atoms with Crippen molar-refractivity contribution in [1.29, 1.82) is 0 Å². The highest BCUT2D eigenvalue weighted by molar-refractivity contribution is 5.88. The van der Waals surface area contributed by atoms with Crippen LogP contribution in [0, 0.1) is 0 Å². The molecule has 0 radical (unpaired) electrons. The van der Waals surface area contributed by atoms with Crippen LogP contribution in [0.15, 0.2) is 0 Å². The Balaban J connectivity index is 2.97. The smallest absolute Gasteiger partial charge is 0.389 e. The molecule has 0 aromatic carbocycles. The number of carbonyl (C=O) groups excluding carboxylic acids is 1. The molecule has 1 aromatic heterocycles. The summed E-state index contributed by atoms with van der Waals surface area (Å²) < 4.78 is 42.9. The number of halogens is 3. The molecule has 0 spiro atoms. The summed E-state index contributed by atoms with van der Waals surface area (Å²) in [7, 11) is 0. The van der Waals surface area contributed by atoms with Gasteiger partial charge in [-0.1, -0.05) is 26.0 Å². The van der Waals surface area contributed by atoms with Gasteiger partial charge in [-0.2, -0.15) is 13.2 Å². The van der Waals surface area contributed by atoms with E-state index in [1.54, 1.807) is 6.92 Å². The molecule has 0 bridgehead atoms. The third-order valence-corrected chi connectivity index (χ3v) is 2.74. The highest BCUT2D eigenvalue weighted by Gasteiger charge is 2.31. The van der Waals surface area contributed by atoms with Gasteiger partial charge >= 0.3 is 12.1 Å². The maximum Gasteiger partial charge on any atom is 0.389 e. The van der Waals surface area contributed by atoms with Crippen molar-refractivity contribution in [2.75, 3.05) is 6.61 Å². The molecule has 1 heterocycles. The summed E-state index contributed by atoms with van der Waals surface area (Å²) in [4.78, 5) is 11.8. The normalized spacial score (nSPS) is 12.5. The summed E-state index contributed by atoms with van der Waals surface area (Å²) in [5, 5.41) is 7.58. The summed E-state index contributed by atoms with van der Waals surface area (Å²) in [6.45, 7) is 7.45. The standard InChI is InChI=1S/C13H20F3N3O2/c1-5-21-11(20)9-10(12(2,3)4)19(18-17-9)8-6-7-13(14,15)16/h5-8H2,1-4H3. The van der Waals surface area contributed by atoms with E-state index in [0.717, 1.165) is 0 Å². The second kappa shape index (κ2) is 6.44. The first-order valence-electron chi connectivity index (χ1n) is 6.74. The molecule has 21 heavy (non-hydrogen) atoms. The summed E-state index contributed by atoms with van der Waals surface area (Å²) in [5.41, 5.74) is 0.0728. The third-order valence-electron chi connectivity index (χ3n) is 2.74. The van der Waals surface area contributed by atoms with E-state index in [-0.39, 0.29) is 25.3 Å². The molecule has 0 aliphatic rings. The van der Waals surface area contributed by atoms with E-state index in [1.165, 1.54) is 4.68 Å². The molecule has 1 rings (SSSR count). The van der Waals surface area contributed by atoms with Crippen molar-refractivity contribution >= 4 is 5.97 Å². The lowest BCUT2D eigenvalue weighted by Crippen LogP contribution is -2.23. The highest BCUT2D eigenvalue weighted by atomic mass is 19.4. The Hall–Kier alpha value is -1.60. The average molecular weight is 307 g/mol. The van der Waals surface area contributed by atoms with Gasteiger partial charge < -0.3 is 4.74 Å². The predicted octanol–water partition coefficient (Wildman–Crippen LogP) is 3.09. The van der Waals surface area contributed by atoms with Gasteiger partial charge in [-0.25, -0.2) is 9.48 Å². The first-order valence-corrected chi connectivity index (χ1v) is 6.74. The van der Waals surface area contributed by atoms with Crippen molar-refractivity contribution in [1.82, 2.24) is 15.0 Å². The van der Waals surface area contributed by atoms with Gasteiger partial charge in [0, 0.05) is 18.4 Å². The summed E-state index contributed by atoms with van der Waals surface area (Å²) in [6, 6.07) is 0. The Kier molecular flexibility index (Phi) is 5.36. The van der Waals surface area contributed by atoms with Crippen molar-refractivity contribution < 1.29 is 22.7 Å². The highest BCUT2D eigenvalue weighted by Crippen LogP contribution is 2.27. The third kappa shape index (κ3) is 5.02. The van der Waals surface area contributed by atoms with Gasteiger partial charge in [-0.15, -0.1) is 5.10 Å². The molecular weight excluding hydrogens is 287 g/mol. The number of aryl methyl sites for hydroxylation is 1. The van der Waals surface area contributed by atoms with Crippen molar-refractivity contribution in [3.8, 4) is 0 Å². The summed E-state index contributed by atoms with van der Waals surface area (Å²) in [6.07, 6.45) is -5.21. The van der Waals surface area contributed by atoms with E-state index in [2.05, 4.69) is 10.3 Å². The van der Waals surface area contributed by atoms with E-state index < -0.39 is 24.0 Å². The van der Waals surface area contributed by atoms with Crippen LogP contribution >= 0.6 is 0 Å². The predicted molar refractivity (Wildman–Crippen MR) is 70.0 cm³/mol.